The molecule has 3 nitrogen and oxygen atoms in total. The van der Waals surface area contributed by atoms with Gasteiger partial charge in [0.25, 0.3) is 0 Å². The second kappa shape index (κ2) is 4.57. The molecule has 0 aromatic carbocycles. The molecule has 0 unspecified atom stereocenters. The van der Waals surface area contributed by atoms with Crippen molar-refractivity contribution in [1.29, 1.82) is 0 Å². The first kappa shape index (κ1) is 11.2. The molecule has 0 saturated carbocycles. The largest absolute Gasteiger partial charge is 0.272 e. The average Bonchev–Trinajstić information content (AvgIpc) is 2.52. The van der Waals surface area contributed by atoms with Gasteiger partial charge in [-0.2, -0.15) is 11.3 Å². The molecular weight excluding hydrogens is 198 g/mol. The Kier molecular flexibility index (Phi) is 3.66. The van der Waals surface area contributed by atoms with Crippen molar-refractivity contribution < 1.29 is 9.63 Å². The first-order chi connectivity index (χ1) is 6.47. The van der Waals surface area contributed by atoms with Gasteiger partial charge in [-0.3, -0.25) is 9.63 Å². The normalized spacial score (nSPS) is 11.4. The molecule has 1 aromatic heterocycles. The molecule has 4 heteroatoms. The van der Waals surface area contributed by atoms with E-state index in [0.717, 1.165) is 5.56 Å². The summed E-state index contributed by atoms with van der Waals surface area (Å²) in [4.78, 5) is 16.5. The number of hydrogen-bond acceptors (Lipinski definition) is 3. The molecule has 0 saturated heterocycles. The predicted octanol–water partition coefficient (Wildman–Crippen LogP) is 2.14. The first-order valence-electron chi connectivity index (χ1n) is 4.45. The molecule has 1 aromatic rings. The minimum atomic E-state index is -0.343. The predicted molar refractivity (Wildman–Crippen MR) is 57.0 cm³/mol. The SMILES string of the molecule is CC(C)(C)ONC(=O)Cc1ccsc1. The zero-order chi connectivity index (χ0) is 10.6. The zero-order valence-electron chi connectivity index (χ0n) is 8.66. The maximum absolute atomic E-state index is 11.3. The summed E-state index contributed by atoms with van der Waals surface area (Å²) < 4.78 is 0. The summed E-state index contributed by atoms with van der Waals surface area (Å²) in [5.74, 6) is -0.113. The van der Waals surface area contributed by atoms with Gasteiger partial charge in [-0.25, -0.2) is 5.48 Å². The van der Waals surface area contributed by atoms with Crippen molar-refractivity contribution in [2.45, 2.75) is 32.8 Å². The molecule has 1 rings (SSSR count). The second-order valence-corrected chi connectivity index (χ2v) is 4.83. The van der Waals surface area contributed by atoms with Crippen LogP contribution < -0.4 is 5.48 Å². The number of hydroxylamine groups is 1. The Hall–Kier alpha value is -0.870. The van der Waals surface area contributed by atoms with Crippen LogP contribution in [0.3, 0.4) is 0 Å². The summed E-state index contributed by atoms with van der Waals surface area (Å²) in [5.41, 5.74) is 3.10. The number of rotatable bonds is 3. The summed E-state index contributed by atoms with van der Waals surface area (Å²) in [6, 6.07) is 1.93. The van der Waals surface area contributed by atoms with Crippen LogP contribution in [0.2, 0.25) is 0 Å². The summed E-state index contributed by atoms with van der Waals surface area (Å²) in [7, 11) is 0. The number of nitrogens with one attached hydrogen (secondary N) is 1. The molecule has 0 atom stereocenters. The van der Waals surface area contributed by atoms with Crippen LogP contribution in [-0.4, -0.2) is 11.5 Å². The first-order valence-corrected chi connectivity index (χ1v) is 5.39. The fourth-order valence-electron chi connectivity index (χ4n) is 0.825. The number of carbonyl (C=O) groups excluding carboxylic acids is 1. The van der Waals surface area contributed by atoms with Crippen LogP contribution in [0.15, 0.2) is 16.8 Å². The van der Waals surface area contributed by atoms with Crippen molar-refractivity contribution in [1.82, 2.24) is 5.48 Å². The highest BCUT2D eigenvalue weighted by atomic mass is 32.1. The van der Waals surface area contributed by atoms with E-state index in [1.807, 2.05) is 37.6 Å². The van der Waals surface area contributed by atoms with E-state index < -0.39 is 0 Å². The number of carbonyl (C=O) groups is 1. The summed E-state index contributed by atoms with van der Waals surface area (Å²) in [6.07, 6.45) is 0.375. The van der Waals surface area contributed by atoms with Crippen LogP contribution in [0, 0.1) is 0 Å². The van der Waals surface area contributed by atoms with E-state index in [4.69, 9.17) is 4.84 Å². The monoisotopic (exact) mass is 213 g/mol. The molecule has 1 amide bonds. The lowest BCUT2D eigenvalue weighted by Gasteiger charge is -2.18. The molecule has 0 aliphatic rings. The van der Waals surface area contributed by atoms with Gasteiger partial charge in [-0.1, -0.05) is 0 Å². The maximum atomic E-state index is 11.3. The van der Waals surface area contributed by atoms with Gasteiger partial charge in [0.2, 0.25) is 5.91 Å². The van der Waals surface area contributed by atoms with Crippen molar-refractivity contribution in [3.8, 4) is 0 Å². The average molecular weight is 213 g/mol. The molecule has 14 heavy (non-hydrogen) atoms. The van der Waals surface area contributed by atoms with Crippen LogP contribution in [0.4, 0.5) is 0 Å². The van der Waals surface area contributed by atoms with E-state index in [9.17, 15) is 4.79 Å². The third kappa shape index (κ3) is 4.39. The lowest BCUT2D eigenvalue weighted by atomic mass is 10.2. The highest BCUT2D eigenvalue weighted by Crippen LogP contribution is 2.07. The third-order valence-corrected chi connectivity index (χ3v) is 2.15. The number of hydrogen-bond donors (Lipinski definition) is 1. The van der Waals surface area contributed by atoms with Crippen LogP contribution in [0.5, 0.6) is 0 Å². The van der Waals surface area contributed by atoms with Gasteiger partial charge in [0, 0.05) is 0 Å². The Bertz CT molecular complexity index is 288. The molecule has 0 aliphatic carbocycles. The van der Waals surface area contributed by atoms with Crippen molar-refractivity contribution >= 4 is 17.2 Å². The van der Waals surface area contributed by atoms with Crippen molar-refractivity contribution in [2.24, 2.45) is 0 Å². The Morgan fingerprint density at radius 1 is 1.57 bits per heavy atom. The van der Waals surface area contributed by atoms with Gasteiger partial charge in [-0.05, 0) is 43.2 Å². The topological polar surface area (TPSA) is 38.3 Å². The molecule has 0 fully saturated rings. The standard InChI is InChI=1S/C10H15NO2S/c1-10(2,3)13-11-9(12)6-8-4-5-14-7-8/h4-5,7H,6H2,1-3H3,(H,11,12). The van der Waals surface area contributed by atoms with E-state index in [2.05, 4.69) is 5.48 Å². The molecular formula is C10H15NO2S. The fourth-order valence-corrected chi connectivity index (χ4v) is 1.49. The third-order valence-electron chi connectivity index (χ3n) is 1.42. The van der Waals surface area contributed by atoms with Gasteiger partial charge in [0.15, 0.2) is 0 Å². The molecule has 1 N–H and O–H groups in total. The van der Waals surface area contributed by atoms with Crippen LogP contribution in [0.1, 0.15) is 26.3 Å². The molecule has 0 aliphatic heterocycles. The molecule has 0 spiro atoms. The summed E-state index contributed by atoms with van der Waals surface area (Å²) >= 11 is 1.58. The van der Waals surface area contributed by atoms with Crippen LogP contribution in [0.25, 0.3) is 0 Å². The second-order valence-electron chi connectivity index (χ2n) is 4.05. The van der Waals surface area contributed by atoms with Crippen LogP contribution >= 0.6 is 11.3 Å². The van der Waals surface area contributed by atoms with Crippen molar-refractivity contribution in [3.05, 3.63) is 22.4 Å². The van der Waals surface area contributed by atoms with Gasteiger partial charge in [0.05, 0.1) is 12.0 Å². The molecule has 0 radical (unpaired) electrons. The van der Waals surface area contributed by atoms with Gasteiger partial charge >= 0.3 is 0 Å². The molecule has 0 bridgehead atoms. The van der Waals surface area contributed by atoms with E-state index in [1.54, 1.807) is 11.3 Å². The lowest BCUT2D eigenvalue weighted by Crippen LogP contribution is -2.34. The minimum Gasteiger partial charge on any atom is -0.272 e. The lowest BCUT2D eigenvalue weighted by molar-refractivity contribution is -0.144. The molecule has 78 valence electrons. The van der Waals surface area contributed by atoms with Crippen molar-refractivity contribution in [3.63, 3.8) is 0 Å². The minimum absolute atomic E-state index is 0.113. The summed E-state index contributed by atoms with van der Waals surface area (Å²) in [5, 5.41) is 3.91. The Morgan fingerprint density at radius 2 is 2.29 bits per heavy atom. The van der Waals surface area contributed by atoms with Gasteiger partial charge < -0.3 is 0 Å². The van der Waals surface area contributed by atoms with Gasteiger partial charge in [-0.15, -0.1) is 0 Å². The van der Waals surface area contributed by atoms with Crippen LogP contribution in [-0.2, 0) is 16.1 Å². The highest BCUT2D eigenvalue weighted by Gasteiger charge is 2.12. The fraction of sp³-hybridized carbons (Fsp3) is 0.500. The number of thiophene rings is 1. The zero-order valence-corrected chi connectivity index (χ0v) is 9.48. The van der Waals surface area contributed by atoms with Gasteiger partial charge in [0.1, 0.15) is 0 Å². The Labute approximate surface area is 88.0 Å². The summed E-state index contributed by atoms with van der Waals surface area (Å²) in [6.45, 7) is 5.66. The quantitative estimate of drug-likeness (QED) is 0.781. The Balaban J connectivity index is 2.30. The smallest absolute Gasteiger partial charge is 0.248 e. The van der Waals surface area contributed by atoms with Crippen molar-refractivity contribution in [2.75, 3.05) is 0 Å². The van der Waals surface area contributed by atoms with E-state index in [1.165, 1.54) is 0 Å². The number of amides is 1. The van der Waals surface area contributed by atoms with E-state index in [0.29, 0.717) is 6.42 Å². The molecule has 1 heterocycles. The maximum Gasteiger partial charge on any atom is 0.248 e. The Morgan fingerprint density at radius 3 is 2.79 bits per heavy atom. The van der Waals surface area contributed by atoms with E-state index in [-0.39, 0.29) is 11.5 Å². The highest BCUT2D eigenvalue weighted by molar-refractivity contribution is 7.07. The van der Waals surface area contributed by atoms with E-state index >= 15 is 0 Å².